The Hall–Kier alpha value is -0.400. The minimum atomic E-state index is -1.51. The third kappa shape index (κ3) is 4.06. The Morgan fingerprint density at radius 1 is 0.738 bits per heavy atom. The van der Waals surface area contributed by atoms with Crippen LogP contribution in [0.4, 0.5) is 0 Å². The number of aliphatic hydroxyl groups is 6. The van der Waals surface area contributed by atoms with Crippen molar-refractivity contribution in [3.05, 3.63) is 0 Å². The van der Waals surface area contributed by atoms with Crippen LogP contribution in [-0.2, 0) is 18.9 Å². The number of aliphatic hydroxyl groups excluding tert-OH is 6. The molecule has 7 rings (SSSR count). The van der Waals surface area contributed by atoms with Gasteiger partial charge in [-0.2, -0.15) is 0 Å². The average molecular weight is 597 g/mol. The minimum Gasteiger partial charge on any atom is -0.390 e. The van der Waals surface area contributed by atoms with E-state index in [1.54, 1.807) is 0 Å². The summed E-state index contributed by atoms with van der Waals surface area (Å²) in [5.74, 6) is 1.37. The van der Waals surface area contributed by atoms with Crippen LogP contribution in [-0.4, -0.2) is 105 Å². The summed E-state index contributed by atoms with van der Waals surface area (Å²) in [6, 6.07) is 0. The monoisotopic (exact) mass is 596 g/mol. The molecule has 6 N–H and O–H groups in total. The van der Waals surface area contributed by atoms with E-state index in [4.69, 9.17) is 18.9 Å². The fourth-order valence-electron chi connectivity index (χ4n) is 11.7. The number of hydrogen-bond donors (Lipinski definition) is 6. The lowest BCUT2D eigenvalue weighted by atomic mass is 9.43. The lowest BCUT2D eigenvalue weighted by Crippen LogP contribution is -2.70. The van der Waals surface area contributed by atoms with E-state index < -0.39 is 60.2 Å². The SMILES string of the molecule is CC1CC[C@@]2(OC1)O[C@H]1C[C@H]3[C@@H]4CCC5C(O)C(O)C(O)C(O[C@@H]6OC[C@H](O)[C@H](O)[C@H]6O)[C@]5(C)[C@H]4CC[C@]3(C)[C@H]1[C@@H]2C. The Labute approximate surface area is 248 Å². The van der Waals surface area contributed by atoms with Crippen LogP contribution in [0.3, 0.4) is 0 Å². The topological polar surface area (TPSA) is 158 Å². The summed E-state index contributed by atoms with van der Waals surface area (Å²) in [5.41, 5.74) is -0.616. The van der Waals surface area contributed by atoms with Gasteiger partial charge >= 0.3 is 0 Å². The zero-order valence-corrected chi connectivity index (χ0v) is 25.4. The van der Waals surface area contributed by atoms with Gasteiger partial charge in [-0.25, -0.2) is 0 Å². The largest absolute Gasteiger partial charge is 0.390 e. The van der Waals surface area contributed by atoms with Gasteiger partial charge in [0.05, 0.1) is 31.5 Å². The Morgan fingerprint density at radius 2 is 1.50 bits per heavy atom. The first kappa shape index (κ1) is 30.3. The van der Waals surface area contributed by atoms with Gasteiger partial charge in [-0.05, 0) is 79.4 Å². The van der Waals surface area contributed by atoms with Gasteiger partial charge in [-0.3, -0.25) is 0 Å². The molecule has 42 heavy (non-hydrogen) atoms. The van der Waals surface area contributed by atoms with Crippen molar-refractivity contribution in [2.75, 3.05) is 13.2 Å². The van der Waals surface area contributed by atoms with Gasteiger partial charge < -0.3 is 49.6 Å². The van der Waals surface area contributed by atoms with Crippen LogP contribution < -0.4 is 0 Å². The first-order valence-electron chi connectivity index (χ1n) is 16.5. The normalized spacial score (nSPS) is 62.7. The number of ether oxygens (including phenoxy) is 4. The average Bonchev–Trinajstić information content (AvgIpc) is 3.41. The first-order chi connectivity index (χ1) is 19.8. The molecule has 0 aromatic carbocycles. The maximum Gasteiger partial charge on any atom is 0.186 e. The molecule has 19 atom stereocenters. The standard InChI is InChI=1S/C32H52O10/c1-14-7-10-32(40-12-14)15(2)22-21(42-32)11-19-16-5-6-18-23(34)25(36)26(37)28(31(18,4)17(16)8-9-30(19,22)3)41-29-27(38)24(35)20(33)13-39-29/h14-29,33-38H,5-13H2,1-4H3/t14?,15-,16+,17-,18?,19-,20-,21-,22-,23?,24-,25?,26?,27+,28?,29-,30-,31+,32+/m0/s1. The highest BCUT2D eigenvalue weighted by molar-refractivity contribution is 5.18. The molecule has 0 amide bonds. The number of hydrogen-bond acceptors (Lipinski definition) is 10. The van der Waals surface area contributed by atoms with Crippen molar-refractivity contribution >= 4 is 0 Å². The molecular formula is C32H52O10. The third-order valence-corrected chi connectivity index (χ3v) is 13.9. The van der Waals surface area contributed by atoms with Gasteiger partial charge in [0.1, 0.15) is 30.5 Å². The number of rotatable bonds is 2. The molecule has 3 aliphatic heterocycles. The summed E-state index contributed by atoms with van der Waals surface area (Å²) >= 11 is 0. The zero-order chi connectivity index (χ0) is 29.9. The molecule has 0 aromatic rings. The van der Waals surface area contributed by atoms with Crippen LogP contribution in [0.25, 0.3) is 0 Å². The number of fused-ring (bicyclic) bond motifs is 7. The second-order valence-electron chi connectivity index (χ2n) is 15.7. The third-order valence-electron chi connectivity index (χ3n) is 13.9. The summed E-state index contributed by atoms with van der Waals surface area (Å²) in [5, 5.41) is 64.5. The summed E-state index contributed by atoms with van der Waals surface area (Å²) in [6.45, 7) is 9.64. The van der Waals surface area contributed by atoms with Crippen molar-refractivity contribution in [1.29, 1.82) is 0 Å². The Balaban J connectivity index is 1.17. The summed E-state index contributed by atoms with van der Waals surface area (Å²) in [4.78, 5) is 0. The predicted octanol–water partition coefficient (Wildman–Crippen LogP) is 1.17. The van der Waals surface area contributed by atoms with E-state index in [0.717, 1.165) is 45.1 Å². The van der Waals surface area contributed by atoms with E-state index in [-0.39, 0.29) is 30.0 Å². The van der Waals surface area contributed by atoms with Crippen molar-refractivity contribution in [2.24, 2.45) is 52.3 Å². The van der Waals surface area contributed by atoms with Crippen molar-refractivity contribution in [2.45, 2.75) is 134 Å². The van der Waals surface area contributed by atoms with Crippen LogP contribution in [0.15, 0.2) is 0 Å². The smallest absolute Gasteiger partial charge is 0.186 e. The van der Waals surface area contributed by atoms with Gasteiger partial charge in [-0.15, -0.1) is 0 Å². The molecule has 4 saturated carbocycles. The lowest BCUT2D eigenvalue weighted by molar-refractivity contribution is -0.339. The van der Waals surface area contributed by atoms with E-state index in [0.29, 0.717) is 36.0 Å². The Kier molecular flexibility index (Phi) is 7.43. The highest BCUT2D eigenvalue weighted by atomic mass is 16.7. The highest BCUT2D eigenvalue weighted by Gasteiger charge is 2.71. The lowest BCUT2D eigenvalue weighted by Gasteiger charge is -2.65. The Bertz CT molecular complexity index is 1020. The summed E-state index contributed by atoms with van der Waals surface area (Å²) < 4.78 is 25.3. The highest BCUT2D eigenvalue weighted by Crippen LogP contribution is 2.71. The first-order valence-corrected chi connectivity index (χ1v) is 16.5. The molecule has 0 bridgehead atoms. The molecule has 3 saturated heterocycles. The zero-order valence-electron chi connectivity index (χ0n) is 25.4. The maximum atomic E-state index is 11.4. The van der Waals surface area contributed by atoms with Crippen LogP contribution in [0.1, 0.15) is 72.6 Å². The van der Waals surface area contributed by atoms with E-state index in [1.807, 2.05) is 0 Å². The van der Waals surface area contributed by atoms with Crippen LogP contribution >= 0.6 is 0 Å². The maximum absolute atomic E-state index is 11.4. The molecule has 6 unspecified atom stereocenters. The second kappa shape index (κ2) is 10.3. The predicted molar refractivity (Wildman–Crippen MR) is 149 cm³/mol. The van der Waals surface area contributed by atoms with Gasteiger partial charge in [0.15, 0.2) is 12.1 Å². The molecule has 7 fully saturated rings. The van der Waals surface area contributed by atoms with Gasteiger partial charge in [0, 0.05) is 17.8 Å². The van der Waals surface area contributed by atoms with E-state index in [1.165, 1.54) is 0 Å². The molecule has 10 heteroatoms. The van der Waals surface area contributed by atoms with Crippen molar-refractivity contribution in [3.8, 4) is 0 Å². The van der Waals surface area contributed by atoms with Crippen LogP contribution in [0.5, 0.6) is 0 Å². The molecule has 240 valence electrons. The van der Waals surface area contributed by atoms with Crippen molar-refractivity contribution < 1.29 is 49.6 Å². The van der Waals surface area contributed by atoms with Crippen molar-refractivity contribution in [1.82, 2.24) is 0 Å². The molecule has 0 radical (unpaired) electrons. The second-order valence-corrected chi connectivity index (χ2v) is 15.7. The van der Waals surface area contributed by atoms with E-state index in [2.05, 4.69) is 27.7 Å². The minimum absolute atomic E-state index is 0.0923. The van der Waals surface area contributed by atoms with Crippen LogP contribution in [0.2, 0.25) is 0 Å². The van der Waals surface area contributed by atoms with Gasteiger partial charge in [-0.1, -0.05) is 27.7 Å². The molecule has 7 aliphatic rings. The molecule has 1 spiro atoms. The fraction of sp³-hybridized carbons (Fsp3) is 1.00. The fourth-order valence-corrected chi connectivity index (χ4v) is 11.7. The van der Waals surface area contributed by atoms with Crippen molar-refractivity contribution in [3.63, 3.8) is 0 Å². The molecule has 3 heterocycles. The van der Waals surface area contributed by atoms with Gasteiger partial charge in [0.2, 0.25) is 0 Å². The molecule has 0 aromatic heterocycles. The summed E-state index contributed by atoms with van der Waals surface area (Å²) in [6.07, 6.45) is -3.57. The summed E-state index contributed by atoms with van der Waals surface area (Å²) in [7, 11) is 0. The molecular weight excluding hydrogens is 544 g/mol. The van der Waals surface area contributed by atoms with Gasteiger partial charge in [0.25, 0.3) is 0 Å². The van der Waals surface area contributed by atoms with E-state index >= 15 is 0 Å². The molecule has 10 nitrogen and oxygen atoms in total. The molecule has 4 aliphatic carbocycles. The Morgan fingerprint density at radius 3 is 2.21 bits per heavy atom. The van der Waals surface area contributed by atoms with E-state index in [9.17, 15) is 30.6 Å². The quantitative estimate of drug-likeness (QED) is 0.273. The van der Waals surface area contributed by atoms with Crippen LogP contribution in [0, 0.1) is 52.3 Å².